The molecule has 1 saturated carbocycles. The summed E-state index contributed by atoms with van der Waals surface area (Å²) in [6.45, 7) is 1.62. The molecule has 0 aliphatic heterocycles. The first-order valence-electron chi connectivity index (χ1n) is 13.8. The Morgan fingerprint density at radius 3 is 2.10 bits per heavy atom. The monoisotopic (exact) mass is 625 g/mol. The van der Waals surface area contributed by atoms with E-state index in [4.69, 9.17) is 0 Å². The second-order valence-electron chi connectivity index (χ2n) is 10.1. The van der Waals surface area contributed by atoms with Gasteiger partial charge in [-0.2, -0.15) is 0 Å². The minimum Gasteiger partial charge on any atom is -0.352 e. The maximum absolute atomic E-state index is 14.1. The Kier molecular flexibility index (Phi) is 10.4. The van der Waals surface area contributed by atoms with Gasteiger partial charge in [-0.3, -0.25) is 13.9 Å². The summed E-state index contributed by atoms with van der Waals surface area (Å²) in [4.78, 5) is 29.3. The van der Waals surface area contributed by atoms with Gasteiger partial charge < -0.3 is 10.2 Å². The van der Waals surface area contributed by atoms with Gasteiger partial charge in [0.25, 0.3) is 10.0 Å². The number of nitrogens with zero attached hydrogens (tertiary/aromatic N) is 2. The number of rotatable bonds is 11. The quantitative estimate of drug-likeness (QED) is 0.287. The van der Waals surface area contributed by atoms with Crippen LogP contribution >= 0.6 is 15.9 Å². The molecule has 0 bridgehead atoms. The zero-order chi connectivity index (χ0) is 28.5. The van der Waals surface area contributed by atoms with Crippen LogP contribution in [0.25, 0.3) is 0 Å². The molecule has 0 spiro atoms. The minimum absolute atomic E-state index is 0.0856. The summed E-state index contributed by atoms with van der Waals surface area (Å²) in [5.74, 6) is -0.642. The average Bonchev–Trinajstić information content (AvgIpc) is 2.97. The van der Waals surface area contributed by atoms with E-state index in [2.05, 4.69) is 21.2 Å². The number of anilines is 1. The summed E-state index contributed by atoms with van der Waals surface area (Å²) in [6.07, 6.45) is 5.59. The predicted molar refractivity (Wildman–Crippen MR) is 161 cm³/mol. The van der Waals surface area contributed by atoms with Crippen molar-refractivity contribution in [1.82, 2.24) is 10.2 Å². The molecular formula is C31H36BrN3O4S. The lowest BCUT2D eigenvalue weighted by molar-refractivity contribution is -0.140. The van der Waals surface area contributed by atoms with E-state index in [-0.39, 0.29) is 23.4 Å². The fourth-order valence-corrected chi connectivity index (χ4v) is 6.80. The van der Waals surface area contributed by atoms with Gasteiger partial charge in [0, 0.05) is 17.1 Å². The Morgan fingerprint density at radius 1 is 0.900 bits per heavy atom. The van der Waals surface area contributed by atoms with E-state index in [0.717, 1.165) is 40.0 Å². The molecule has 0 heterocycles. The van der Waals surface area contributed by atoms with E-state index in [1.165, 1.54) is 23.5 Å². The number of halogens is 1. The van der Waals surface area contributed by atoms with Crippen molar-refractivity contribution >= 4 is 43.5 Å². The van der Waals surface area contributed by atoms with Crippen molar-refractivity contribution in [2.45, 2.75) is 69.0 Å². The molecule has 3 aromatic carbocycles. The van der Waals surface area contributed by atoms with E-state index < -0.39 is 28.5 Å². The molecule has 0 radical (unpaired) electrons. The summed E-state index contributed by atoms with van der Waals surface area (Å²) in [6, 6.07) is 23.7. The highest BCUT2D eigenvalue weighted by molar-refractivity contribution is 9.10. The number of amides is 2. The number of nitrogens with one attached hydrogen (secondary N) is 1. The number of carbonyl (C=O) groups excluding carboxylic acids is 2. The molecule has 2 amide bonds. The van der Waals surface area contributed by atoms with Gasteiger partial charge in [0.1, 0.15) is 12.6 Å². The zero-order valence-electron chi connectivity index (χ0n) is 22.7. The second-order valence-corrected chi connectivity index (χ2v) is 12.9. The highest BCUT2D eigenvalue weighted by atomic mass is 79.9. The summed E-state index contributed by atoms with van der Waals surface area (Å²) in [5, 5.41) is 3.17. The van der Waals surface area contributed by atoms with Crippen molar-refractivity contribution in [2.75, 3.05) is 10.8 Å². The van der Waals surface area contributed by atoms with Crippen LogP contribution in [0.1, 0.15) is 51.0 Å². The molecule has 0 saturated heterocycles. The van der Waals surface area contributed by atoms with Crippen LogP contribution in [0.4, 0.5) is 5.69 Å². The molecule has 1 atom stereocenters. The van der Waals surface area contributed by atoms with Crippen LogP contribution in [-0.4, -0.2) is 43.8 Å². The van der Waals surface area contributed by atoms with Gasteiger partial charge >= 0.3 is 0 Å². The Bertz CT molecular complexity index is 1360. The maximum atomic E-state index is 14.1. The smallest absolute Gasteiger partial charge is 0.264 e. The summed E-state index contributed by atoms with van der Waals surface area (Å²) in [7, 11) is -4.07. The number of hydrogen-bond donors (Lipinski definition) is 1. The first-order chi connectivity index (χ1) is 19.3. The Hall–Kier alpha value is -3.17. The first kappa shape index (κ1) is 29.8. The lowest BCUT2D eigenvalue weighted by Gasteiger charge is -2.34. The molecule has 40 heavy (non-hydrogen) atoms. The third-order valence-corrected chi connectivity index (χ3v) is 9.57. The summed E-state index contributed by atoms with van der Waals surface area (Å²) < 4.78 is 29.6. The van der Waals surface area contributed by atoms with Gasteiger partial charge in [0.15, 0.2) is 0 Å². The van der Waals surface area contributed by atoms with E-state index in [0.29, 0.717) is 12.1 Å². The molecule has 3 aromatic rings. The number of sulfonamides is 1. The third kappa shape index (κ3) is 7.52. The molecule has 4 rings (SSSR count). The Balaban J connectivity index is 1.67. The van der Waals surface area contributed by atoms with Crippen molar-refractivity contribution in [3.05, 3.63) is 95.0 Å². The molecule has 212 valence electrons. The summed E-state index contributed by atoms with van der Waals surface area (Å²) >= 11 is 3.40. The Morgan fingerprint density at radius 2 is 1.50 bits per heavy atom. The van der Waals surface area contributed by atoms with E-state index in [9.17, 15) is 18.0 Å². The third-order valence-electron chi connectivity index (χ3n) is 7.26. The van der Waals surface area contributed by atoms with Gasteiger partial charge in [-0.25, -0.2) is 8.42 Å². The van der Waals surface area contributed by atoms with Crippen LogP contribution < -0.4 is 9.62 Å². The number of benzene rings is 3. The van der Waals surface area contributed by atoms with Crippen molar-refractivity contribution in [3.63, 3.8) is 0 Å². The van der Waals surface area contributed by atoms with Crippen LogP contribution in [0.3, 0.4) is 0 Å². The number of carbonyl (C=O) groups is 2. The molecule has 1 aliphatic rings. The van der Waals surface area contributed by atoms with Gasteiger partial charge in [-0.1, -0.05) is 90.6 Å². The minimum atomic E-state index is -4.07. The largest absolute Gasteiger partial charge is 0.352 e. The lowest BCUT2D eigenvalue weighted by Crippen LogP contribution is -2.54. The highest BCUT2D eigenvalue weighted by Gasteiger charge is 2.34. The van der Waals surface area contributed by atoms with Crippen LogP contribution in [0.2, 0.25) is 0 Å². The highest BCUT2D eigenvalue weighted by Crippen LogP contribution is 2.26. The SMILES string of the molecule is CC[C@H](C(=O)NC1CCCCC1)N(Cc1ccccc1)C(=O)CN(c1ccc(Br)cc1)S(=O)(=O)c1ccccc1. The van der Waals surface area contributed by atoms with Crippen molar-refractivity contribution in [3.8, 4) is 0 Å². The molecule has 9 heteroatoms. The van der Waals surface area contributed by atoms with Crippen LogP contribution in [0.5, 0.6) is 0 Å². The van der Waals surface area contributed by atoms with Gasteiger partial charge in [0.2, 0.25) is 11.8 Å². The van der Waals surface area contributed by atoms with Crippen molar-refractivity contribution in [2.24, 2.45) is 0 Å². The van der Waals surface area contributed by atoms with Gasteiger partial charge in [-0.05, 0) is 61.2 Å². The normalized spacial score (nSPS) is 14.8. The van der Waals surface area contributed by atoms with E-state index >= 15 is 0 Å². The van der Waals surface area contributed by atoms with Gasteiger partial charge in [0.05, 0.1) is 10.6 Å². The predicted octanol–water partition coefficient (Wildman–Crippen LogP) is 5.90. The van der Waals surface area contributed by atoms with Crippen LogP contribution in [-0.2, 0) is 26.2 Å². The molecule has 0 aromatic heterocycles. The molecule has 0 unspecified atom stereocenters. The van der Waals surface area contributed by atoms with E-state index in [1.54, 1.807) is 42.5 Å². The fourth-order valence-electron chi connectivity index (χ4n) is 5.10. The van der Waals surface area contributed by atoms with Crippen LogP contribution in [0.15, 0.2) is 94.3 Å². The van der Waals surface area contributed by atoms with E-state index in [1.807, 2.05) is 37.3 Å². The van der Waals surface area contributed by atoms with Crippen molar-refractivity contribution in [1.29, 1.82) is 0 Å². The summed E-state index contributed by atoms with van der Waals surface area (Å²) in [5.41, 5.74) is 1.22. The average molecular weight is 627 g/mol. The molecule has 1 N–H and O–H groups in total. The first-order valence-corrected chi connectivity index (χ1v) is 16.0. The van der Waals surface area contributed by atoms with Crippen molar-refractivity contribution < 1.29 is 18.0 Å². The Labute approximate surface area is 245 Å². The molecular weight excluding hydrogens is 590 g/mol. The lowest BCUT2D eigenvalue weighted by atomic mass is 9.95. The molecule has 1 aliphatic carbocycles. The van der Waals surface area contributed by atoms with Crippen LogP contribution in [0, 0.1) is 0 Å². The molecule has 1 fully saturated rings. The standard InChI is InChI=1S/C31H36BrN3O4S/c1-2-29(31(37)33-26-14-8-4-9-15-26)34(22-24-12-6-3-7-13-24)30(36)23-35(27-20-18-25(32)19-21-27)40(38,39)28-16-10-5-11-17-28/h3,5-7,10-13,16-21,26,29H,2,4,8-9,14-15,22-23H2,1H3,(H,33,37)/t29-/m1/s1. The fraction of sp³-hybridized carbons (Fsp3) is 0.355. The van der Waals surface area contributed by atoms with Gasteiger partial charge in [-0.15, -0.1) is 0 Å². The maximum Gasteiger partial charge on any atom is 0.264 e. The second kappa shape index (κ2) is 13.9. The number of hydrogen-bond acceptors (Lipinski definition) is 4. The zero-order valence-corrected chi connectivity index (χ0v) is 25.1. The molecule has 7 nitrogen and oxygen atoms in total. The topological polar surface area (TPSA) is 86.8 Å².